The Morgan fingerprint density at radius 3 is 2.78 bits per heavy atom. The van der Waals surface area contributed by atoms with Gasteiger partial charge in [0.05, 0.1) is 13.2 Å². The third kappa shape index (κ3) is 3.63. The van der Waals surface area contributed by atoms with Gasteiger partial charge in [-0.3, -0.25) is 4.79 Å². The number of fused-ring (bicyclic) bond motifs is 1. The minimum atomic E-state index is -0.352. The van der Waals surface area contributed by atoms with Gasteiger partial charge in [0, 0.05) is 17.7 Å². The minimum Gasteiger partial charge on any atom is -0.508 e. The molecule has 0 bridgehead atoms. The van der Waals surface area contributed by atoms with Crippen molar-refractivity contribution < 1.29 is 14.6 Å². The number of rotatable bonds is 5. The van der Waals surface area contributed by atoms with Crippen molar-refractivity contribution in [3.05, 3.63) is 58.7 Å². The average Bonchev–Trinajstić information content (AvgIpc) is 3.34. The number of hydrazine groups is 1. The molecule has 0 aromatic heterocycles. The van der Waals surface area contributed by atoms with Crippen LogP contribution in [0, 0.1) is 0 Å². The second-order valence-corrected chi connectivity index (χ2v) is 7.19. The molecule has 1 saturated heterocycles. The number of amides is 1. The fourth-order valence-corrected chi connectivity index (χ4v) is 4.00. The molecule has 1 heterocycles. The first-order valence-corrected chi connectivity index (χ1v) is 9.41. The second kappa shape index (κ2) is 7.58. The van der Waals surface area contributed by atoms with Crippen molar-refractivity contribution in [3.8, 4) is 11.5 Å². The quantitative estimate of drug-likeness (QED) is 0.651. The number of aryl methyl sites for hydroxylation is 2. The van der Waals surface area contributed by atoms with Gasteiger partial charge in [0.2, 0.25) is 5.91 Å². The number of carbonyl (C=O) groups excluding carboxylic acids is 1. The van der Waals surface area contributed by atoms with Crippen LogP contribution >= 0.6 is 0 Å². The Labute approximate surface area is 158 Å². The Balaban J connectivity index is 1.39. The van der Waals surface area contributed by atoms with Crippen LogP contribution in [0.2, 0.25) is 0 Å². The molecule has 2 atom stereocenters. The summed E-state index contributed by atoms with van der Waals surface area (Å²) in [5.74, 6) is 1.00. The number of phenolic OH excluding ortho intramolecular Hbond substituents is 1. The summed E-state index contributed by atoms with van der Waals surface area (Å²) >= 11 is 0. The lowest BCUT2D eigenvalue weighted by atomic mass is 10.0. The second-order valence-electron chi connectivity index (χ2n) is 7.19. The monoisotopic (exact) mass is 367 g/mol. The molecule has 6 heteroatoms. The fraction of sp³-hybridized carbons (Fsp3) is 0.381. The van der Waals surface area contributed by atoms with Crippen LogP contribution in [0.15, 0.2) is 36.4 Å². The van der Waals surface area contributed by atoms with Crippen molar-refractivity contribution in [1.29, 1.82) is 0 Å². The molecule has 2 aromatic rings. The fourth-order valence-electron chi connectivity index (χ4n) is 4.00. The van der Waals surface area contributed by atoms with Crippen LogP contribution in [0.25, 0.3) is 0 Å². The molecule has 2 aromatic carbocycles. The third-order valence-corrected chi connectivity index (χ3v) is 5.48. The number of phenols is 1. The van der Waals surface area contributed by atoms with E-state index in [9.17, 15) is 9.90 Å². The number of nitrogens with one attached hydrogen (secondary N) is 3. The van der Waals surface area contributed by atoms with Gasteiger partial charge in [-0.1, -0.05) is 24.3 Å². The topological polar surface area (TPSA) is 82.6 Å². The van der Waals surface area contributed by atoms with E-state index in [1.165, 1.54) is 17.5 Å². The molecule has 2 aliphatic rings. The number of aromatic hydroxyl groups is 1. The first kappa shape index (κ1) is 17.8. The first-order valence-electron chi connectivity index (χ1n) is 9.41. The predicted octanol–water partition coefficient (Wildman–Crippen LogP) is 2.11. The highest BCUT2D eigenvalue weighted by atomic mass is 16.5. The van der Waals surface area contributed by atoms with E-state index in [4.69, 9.17) is 4.74 Å². The Bertz CT molecular complexity index is 853. The summed E-state index contributed by atoms with van der Waals surface area (Å²) in [5, 5.41) is 13.0. The van der Waals surface area contributed by atoms with Gasteiger partial charge in [0.15, 0.2) is 0 Å². The molecule has 27 heavy (non-hydrogen) atoms. The van der Waals surface area contributed by atoms with Gasteiger partial charge in [0.25, 0.3) is 0 Å². The average molecular weight is 367 g/mol. The highest BCUT2D eigenvalue weighted by molar-refractivity contribution is 5.82. The van der Waals surface area contributed by atoms with Crippen LogP contribution in [0.1, 0.15) is 41.1 Å². The van der Waals surface area contributed by atoms with E-state index in [0.717, 1.165) is 29.7 Å². The lowest BCUT2D eigenvalue weighted by Crippen LogP contribution is -2.42. The third-order valence-electron chi connectivity index (χ3n) is 5.48. The Morgan fingerprint density at radius 2 is 2.00 bits per heavy atom. The van der Waals surface area contributed by atoms with Gasteiger partial charge >= 0.3 is 0 Å². The summed E-state index contributed by atoms with van der Waals surface area (Å²) in [6.45, 7) is 0.439. The van der Waals surface area contributed by atoms with Gasteiger partial charge in [-0.25, -0.2) is 10.9 Å². The summed E-state index contributed by atoms with van der Waals surface area (Å²) < 4.78 is 5.51. The zero-order valence-electron chi connectivity index (χ0n) is 15.4. The summed E-state index contributed by atoms with van der Waals surface area (Å²) in [6.07, 6.45) is 3.95. The van der Waals surface area contributed by atoms with Crippen LogP contribution in [-0.4, -0.2) is 24.2 Å². The van der Waals surface area contributed by atoms with E-state index in [2.05, 4.69) is 28.3 Å². The summed E-state index contributed by atoms with van der Waals surface area (Å²) in [6, 6.07) is 11.0. The molecule has 142 valence electrons. The summed E-state index contributed by atoms with van der Waals surface area (Å²) in [5.41, 5.74) is 10.7. The van der Waals surface area contributed by atoms with E-state index in [0.29, 0.717) is 13.0 Å². The molecule has 1 amide bonds. The van der Waals surface area contributed by atoms with Gasteiger partial charge in [-0.2, -0.15) is 0 Å². The number of benzene rings is 2. The van der Waals surface area contributed by atoms with E-state index in [1.807, 2.05) is 12.1 Å². The molecule has 4 rings (SSSR count). The van der Waals surface area contributed by atoms with E-state index < -0.39 is 0 Å². The van der Waals surface area contributed by atoms with Crippen LogP contribution in [0.4, 0.5) is 0 Å². The number of para-hydroxylation sites is 1. The zero-order chi connectivity index (χ0) is 18.8. The maximum Gasteiger partial charge on any atom is 0.238 e. The molecule has 0 saturated carbocycles. The Hall–Kier alpha value is -2.57. The van der Waals surface area contributed by atoms with Crippen molar-refractivity contribution in [2.24, 2.45) is 0 Å². The number of hydrogen-bond donors (Lipinski definition) is 4. The minimum absolute atomic E-state index is 0.0667. The van der Waals surface area contributed by atoms with E-state index >= 15 is 0 Å². The highest BCUT2D eigenvalue weighted by Crippen LogP contribution is 2.31. The molecule has 2 unspecified atom stereocenters. The van der Waals surface area contributed by atoms with Gasteiger partial charge in [0.1, 0.15) is 17.5 Å². The van der Waals surface area contributed by atoms with E-state index in [1.54, 1.807) is 19.2 Å². The lowest BCUT2D eigenvalue weighted by molar-refractivity contribution is -0.123. The maximum absolute atomic E-state index is 12.6. The molecule has 1 aliphatic heterocycles. The molecule has 0 radical (unpaired) electrons. The van der Waals surface area contributed by atoms with E-state index in [-0.39, 0.29) is 23.7 Å². The molecule has 0 spiro atoms. The lowest BCUT2D eigenvalue weighted by Gasteiger charge is -2.14. The smallest absolute Gasteiger partial charge is 0.238 e. The number of hydrogen-bond acceptors (Lipinski definition) is 5. The molecule has 4 N–H and O–H groups in total. The first-order chi connectivity index (χ1) is 13.2. The number of carbonyl (C=O) groups is 1. The van der Waals surface area contributed by atoms with Gasteiger partial charge < -0.3 is 15.2 Å². The largest absolute Gasteiger partial charge is 0.508 e. The normalized spacial score (nSPS) is 21.1. The maximum atomic E-state index is 12.6. The van der Waals surface area contributed by atoms with Crippen molar-refractivity contribution >= 4 is 5.91 Å². The molecule has 1 fully saturated rings. The van der Waals surface area contributed by atoms with Crippen LogP contribution in [-0.2, 0) is 24.2 Å². The Morgan fingerprint density at radius 1 is 1.22 bits per heavy atom. The SMILES string of the molecule is COc1cc2c(cc1CNC(=O)C1CC(c3ccccc3O)NN1)CCC2. The molecule has 6 nitrogen and oxygen atoms in total. The van der Waals surface area contributed by atoms with Gasteiger partial charge in [-0.15, -0.1) is 0 Å². The number of ether oxygens (including phenoxy) is 1. The molecular formula is C21H25N3O3. The van der Waals surface area contributed by atoms with Crippen LogP contribution < -0.4 is 20.9 Å². The van der Waals surface area contributed by atoms with Gasteiger partial charge in [-0.05, 0) is 48.9 Å². The summed E-state index contributed by atoms with van der Waals surface area (Å²) in [4.78, 5) is 12.6. The molecule has 1 aliphatic carbocycles. The number of methoxy groups -OCH3 is 1. The highest BCUT2D eigenvalue weighted by Gasteiger charge is 2.31. The van der Waals surface area contributed by atoms with Crippen LogP contribution in [0.3, 0.4) is 0 Å². The Kier molecular flexibility index (Phi) is 5.01. The standard InChI is InChI=1S/C21H25N3O3/c1-27-20-10-14-6-4-5-13(14)9-15(20)12-22-21(26)18-11-17(23-24-18)16-7-2-3-8-19(16)25/h2-3,7-10,17-18,23-25H,4-6,11-12H2,1H3,(H,22,26). The van der Waals surface area contributed by atoms with Crippen molar-refractivity contribution in [1.82, 2.24) is 16.2 Å². The predicted molar refractivity (Wildman–Crippen MR) is 102 cm³/mol. The molecular weight excluding hydrogens is 342 g/mol. The zero-order valence-corrected chi connectivity index (χ0v) is 15.4. The summed E-state index contributed by atoms with van der Waals surface area (Å²) in [7, 11) is 1.67. The van der Waals surface area contributed by atoms with Crippen molar-refractivity contribution in [2.75, 3.05) is 7.11 Å². The van der Waals surface area contributed by atoms with Crippen molar-refractivity contribution in [3.63, 3.8) is 0 Å². The van der Waals surface area contributed by atoms with Crippen molar-refractivity contribution in [2.45, 2.75) is 44.3 Å². The van der Waals surface area contributed by atoms with Crippen LogP contribution in [0.5, 0.6) is 11.5 Å².